The minimum atomic E-state index is -0.399. The monoisotopic (exact) mass is 773 g/mol. The number of pyridine rings is 2. The van der Waals surface area contributed by atoms with Crippen molar-refractivity contribution in [2.45, 2.75) is 19.3 Å². The van der Waals surface area contributed by atoms with Crippen molar-refractivity contribution in [3.63, 3.8) is 0 Å². The summed E-state index contributed by atoms with van der Waals surface area (Å²) in [6, 6.07) is 36.8. The third kappa shape index (κ3) is 5.03. The first-order valence-electron chi connectivity index (χ1n) is 17.8. The molecular formula is C43H30IrN2-2. The SMILES string of the molecule is [2H]c1c([2H])c([2H])c2c(c1[2H])c([2H])c([2H])c1c3ccnc(-c4[c-]cc5c(c4)C(C)(C)c4ccccc4-5)c3ccc21.[Ir].[c-]1ccccc1-c1ccccn1. The number of fused-ring (bicyclic) bond motifs is 8. The summed E-state index contributed by atoms with van der Waals surface area (Å²) in [6.07, 6.45) is 3.47. The van der Waals surface area contributed by atoms with Gasteiger partial charge in [-0.1, -0.05) is 110 Å². The van der Waals surface area contributed by atoms with Gasteiger partial charge < -0.3 is 9.97 Å². The second kappa shape index (κ2) is 12.1. The van der Waals surface area contributed by atoms with Gasteiger partial charge in [-0.3, -0.25) is 0 Å². The number of aromatic nitrogens is 2. The zero-order chi connectivity index (χ0) is 35.6. The van der Waals surface area contributed by atoms with E-state index in [-0.39, 0.29) is 66.5 Å². The first kappa shape index (κ1) is 23.4. The normalized spacial score (nSPS) is 14.4. The summed E-state index contributed by atoms with van der Waals surface area (Å²) in [5.74, 6) is 0. The summed E-state index contributed by atoms with van der Waals surface area (Å²) in [7, 11) is 0. The summed E-state index contributed by atoms with van der Waals surface area (Å²) in [6.45, 7) is 4.45. The largest absolute Gasteiger partial charge is 0.305 e. The molecule has 1 aliphatic carbocycles. The van der Waals surface area contributed by atoms with Crippen molar-refractivity contribution in [3.05, 3.63) is 169 Å². The molecule has 0 spiro atoms. The van der Waals surface area contributed by atoms with Crippen molar-refractivity contribution in [2.24, 2.45) is 0 Å². The summed E-state index contributed by atoms with van der Waals surface area (Å²) in [5.41, 5.74) is 8.24. The van der Waals surface area contributed by atoms with Crippen molar-refractivity contribution < 1.29 is 28.3 Å². The van der Waals surface area contributed by atoms with Crippen LogP contribution in [0.2, 0.25) is 0 Å². The fourth-order valence-corrected chi connectivity index (χ4v) is 6.40. The van der Waals surface area contributed by atoms with Gasteiger partial charge in [-0.25, -0.2) is 0 Å². The predicted octanol–water partition coefficient (Wildman–Crippen LogP) is 10.9. The zero-order valence-electron chi connectivity index (χ0n) is 31.1. The van der Waals surface area contributed by atoms with Crippen LogP contribution in [-0.2, 0) is 25.5 Å². The van der Waals surface area contributed by atoms with E-state index >= 15 is 0 Å². The van der Waals surface area contributed by atoms with Crippen LogP contribution >= 0.6 is 0 Å². The molecule has 0 amide bonds. The van der Waals surface area contributed by atoms with Crippen molar-refractivity contribution in [3.8, 4) is 33.6 Å². The average Bonchev–Trinajstić information content (AvgIpc) is 3.40. The number of benzene rings is 6. The quantitative estimate of drug-likeness (QED) is 0.129. The Kier molecular flexibility index (Phi) is 6.15. The molecule has 0 atom stereocenters. The molecule has 2 heterocycles. The molecule has 0 bridgehead atoms. The second-order valence-electron chi connectivity index (χ2n) is 11.6. The molecular weight excluding hydrogens is 737 g/mol. The fourth-order valence-electron chi connectivity index (χ4n) is 6.40. The van der Waals surface area contributed by atoms with E-state index in [1.54, 1.807) is 18.5 Å². The Bertz CT molecular complexity index is 2640. The second-order valence-corrected chi connectivity index (χ2v) is 11.6. The van der Waals surface area contributed by atoms with Gasteiger partial charge in [0, 0.05) is 32.5 Å². The van der Waals surface area contributed by atoms with Gasteiger partial charge in [0.05, 0.1) is 8.22 Å². The molecule has 2 aromatic heterocycles. The van der Waals surface area contributed by atoms with Crippen LogP contribution in [0.15, 0.2) is 146 Å². The van der Waals surface area contributed by atoms with Crippen molar-refractivity contribution in [1.82, 2.24) is 9.97 Å². The molecule has 9 rings (SSSR count). The van der Waals surface area contributed by atoms with Gasteiger partial charge >= 0.3 is 0 Å². The molecule has 2 nitrogen and oxygen atoms in total. The van der Waals surface area contributed by atoms with Gasteiger partial charge in [-0.15, -0.1) is 65.2 Å². The Morgan fingerprint density at radius 1 is 0.609 bits per heavy atom. The van der Waals surface area contributed by atoms with Gasteiger partial charge in [0.2, 0.25) is 0 Å². The molecule has 8 aromatic rings. The Hall–Kier alpha value is -4.95. The molecule has 46 heavy (non-hydrogen) atoms. The van der Waals surface area contributed by atoms with Crippen LogP contribution in [0.25, 0.3) is 66.0 Å². The van der Waals surface area contributed by atoms with E-state index in [1.807, 2.05) is 60.7 Å². The van der Waals surface area contributed by atoms with Gasteiger partial charge in [0.15, 0.2) is 0 Å². The summed E-state index contributed by atoms with van der Waals surface area (Å²) in [4.78, 5) is 8.93. The molecule has 1 radical (unpaired) electrons. The third-order valence-corrected chi connectivity index (χ3v) is 8.63. The predicted molar refractivity (Wildman–Crippen MR) is 187 cm³/mol. The Balaban J connectivity index is 0.000000275. The molecule has 0 saturated carbocycles. The van der Waals surface area contributed by atoms with E-state index in [0.717, 1.165) is 27.8 Å². The minimum absolute atomic E-state index is 0. The smallest absolute Gasteiger partial charge is 0.0630 e. The average molecular weight is 773 g/mol. The maximum atomic E-state index is 8.88. The van der Waals surface area contributed by atoms with Crippen LogP contribution in [0.5, 0.6) is 0 Å². The van der Waals surface area contributed by atoms with Crippen LogP contribution in [0.1, 0.15) is 33.2 Å². The molecule has 0 aliphatic heterocycles. The molecule has 223 valence electrons. The molecule has 0 unspecified atom stereocenters. The van der Waals surface area contributed by atoms with Crippen LogP contribution in [0.3, 0.4) is 0 Å². The van der Waals surface area contributed by atoms with E-state index < -0.39 is 6.04 Å². The minimum Gasteiger partial charge on any atom is -0.305 e. The van der Waals surface area contributed by atoms with Crippen LogP contribution in [-0.4, -0.2) is 9.97 Å². The van der Waals surface area contributed by atoms with Crippen molar-refractivity contribution in [1.29, 1.82) is 0 Å². The molecule has 0 N–H and O–H groups in total. The zero-order valence-corrected chi connectivity index (χ0v) is 27.5. The summed E-state index contributed by atoms with van der Waals surface area (Å²) >= 11 is 0. The van der Waals surface area contributed by atoms with Crippen LogP contribution in [0.4, 0.5) is 0 Å². The standard InChI is InChI=1S/C32H22N.C11H8N.Ir/c1-32(2)29-10-6-5-9-26(29)27-14-12-21(19-30(27)32)31-28-16-15-23-22-8-4-3-7-20(22)11-13-24(23)25(28)17-18-33-31;1-2-6-10(7-3-1)11-8-4-5-9-12-11;/h3-11,13-19H,1-2H3;1-6,8-9H;/q2*-1;/i3D,4D,7D,8D,11D,13D;;. The number of nitrogens with zero attached hydrogens (tertiary/aromatic N) is 2. The molecule has 0 fully saturated rings. The van der Waals surface area contributed by atoms with Gasteiger partial charge in [0.25, 0.3) is 0 Å². The van der Waals surface area contributed by atoms with Crippen molar-refractivity contribution in [2.75, 3.05) is 0 Å². The number of hydrogen-bond acceptors (Lipinski definition) is 2. The maximum absolute atomic E-state index is 8.88. The summed E-state index contributed by atoms with van der Waals surface area (Å²) in [5, 5.41) is 2.84. The van der Waals surface area contributed by atoms with Crippen molar-refractivity contribution >= 4 is 32.3 Å². The number of rotatable bonds is 2. The Labute approximate surface area is 291 Å². The fraction of sp³-hybridized carbons (Fsp3) is 0.0698. The van der Waals surface area contributed by atoms with E-state index in [9.17, 15) is 0 Å². The maximum Gasteiger partial charge on any atom is 0.0630 e. The third-order valence-electron chi connectivity index (χ3n) is 8.63. The van der Waals surface area contributed by atoms with Gasteiger partial charge in [-0.2, -0.15) is 0 Å². The van der Waals surface area contributed by atoms with E-state index in [4.69, 9.17) is 13.2 Å². The number of hydrogen-bond donors (Lipinski definition) is 0. The van der Waals surface area contributed by atoms with E-state index in [0.29, 0.717) is 21.9 Å². The molecule has 1 aliphatic rings. The van der Waals surface area contributed by atoms with Crippen LogP contribution in [0, 0.1) is 12.1 Å². The van der Waals surface area contributed by atoms with E-state index in [2.05, 4.69) is 61.3 Å². The van der Waals surface area contributed by atoms with Gasteiger partial charge in [0.1, 0.15) is 0 Å². The molecule has 6 aromatic carbocycles. The Morgan fingerprint density at radius 2 is 1.41 bits per heavy atom. The molecule has 3 heteroatoms. The first-order chi connectivity index (χ1) is 24.6. The first-order valence-corrected chi connectivity index (χ1v) is 14.8. The van der Waals surface area contributed by atoms with Crippen LogP contribution < -0.4 is 0 Å². The Morgan fingerprint density at radius 3 is 2.26 bits per heavy atom. The molecule has 0 saturated heterocycles. The topological polar surface area (TPSA) is 25.8 Å². The van der Waals surface area contributed by atoms with E-state index in [1.165, 1.54) is 16.7 Å². The summed E-state index contributed by atoms with van der Waals surface area (Å²) < 4.78 is 50.8. The van der Waals surface area contributed by atoms with Gasteiger partial charge in [-0.05, 0) is 66.8 Å².